The van der Waals surface area contributed by atoms with Crippen LogP contribution < -0.4 is 0 Å². The summed E-state index contributed by atoms with van der Waals surface area (Å²) in [6, 6.07) is 0. The normalized spacial score (nSPS) is 3.62. The number of hydrogen-bond donors (Lipinski definition) is 0. The molecule has 16 heavy (non-hydrogen) atoms. The molecule has 0 atom stereocenters. The summed E-state index contributed by atoms with van der Waals surface area (Å²) < 4.78 is 0. The maximum Gasteiger partial charge on any atom is -0.0000000000000321 e. The molecule has 0 heteroatoms. The van der Waals surface area contributed by atoms with E-state index in [0.717, 1.165) is 0 Å². The predicted octanol–water partition coefficient (Wildman–Crippen LogP) is 0.273. The zero-order valence-electron chi connectivity index (χ0n) is 8.15. The van der Waals surface area contributed by atoms with Gasteiger partial charge in [-0.3, -0.25) is 0 Å². The molecule has 0 saturated heterocycles. The van der Waals surface area contributed by atoms with Crippen molar-refractivity contribution in [3.8, 4) is 95.7 Å². The van der Waals surface area contributed by atoms with E-state index in [-0.39, 0.29) is 0 Å². The van der Waals surface area contributed by atoms with Crippen LogP contribution in [-0.4, -0.2) is 0 Å². The molecule has 0 aromatic heterocycles. The van der Waals surface area contributed by atoms with Crippen molar-refractivity contribution < 1.29 is 0 Å². The Morgan fingerprint density at radius 3 is 0.688 bits per heavy atom. The first-order valence-electron chi connectivity index (χ1n) is 3.83. The van der Waals surface area contributed by atoms with Crippen LogP contribution in [0.3, 0.4) is 0 Å². The topological polar surface area (TPSA) is 0 Å². The first-order chi connectivity index (χ1) is 7.91. The smallest absolute Gasteiger partial charge is 0.0000000000000321 e. The lowest BCUT2D eigenvalue weighted by molar-refractivity contribution is 2.34. The van der Waals surface area contributed by atoms with Crippen molar-refractivity contribution in [2.75, 3.05) is 0 Å². The van der Waals surface area contributed by atoms with Crippen molar-refractivity contribution in [2.24, 2.45) is 0 Å². The Morgan fingerprint density at radius 2 is 0.500 bits per heavy atom. The average molecular weight is 194 g/mol. The van der Waals surface area contributed by atoms with Crippen molar-refractivity contribution >= 4 is 0 Å². The zero-order chi connectivity index (χ0) is 11.9. The molecule has 66 valence electrons. The minimum absolute atomic E-state index is 2.12. The predicted molar refractivity (Wildman–Crippen MR) is 64.3 cm³/mol. The highest BCUT2D eigenvalue weighted by Crippen LogP contribution is 1.56. The summed E-state index contributed by atoms with van der Waals surface area (Å²) in [5, 5.41) is 0. The molecule has 0 bridgehead atoms. The van der Waals surface area contributed by atoms with Gasteiger partial charge in [0.15, 0.2) is 0 Å². The molecule has 0 nitrogen and oxygen atoms in total. The van der Waals surface area contributed by atoms with Crippen molar-refractivity contribution in [1.82, 2.24) is 0 Å². The van der Waals surface area contributed by atoms with Gasteiger partial charge in [0, 0.05) is 0 Å². The Morgan fingerprint density at radius 1 is 0.312 bits per heavy atom. The maximum atomic E-state index is 4.87. The molecule has 0 rings (SSSR count). The van der Waals surface area contributed by atoms with Crippen LogP contribution in [0, 0.1) is 95.7 Å². The van der Waals surface area contributed by atoms with E-state index in [2.05, 4.69) is 82.9 Å². The first kappa shape index (κ1) is 12.5. The maximum absolute atomic E-state index is 4.87. The third kappa shape index (κ3) is 10.5. The van der Waals surface area contributed by atoms with Crippen LogP contribution in [-0.2, 0) is 0 Å². The largest absolute Gasteiger partial charge is 0.106 e. The van der Waals surface area contributed by atoms with Gasteiger partial charge in [0.05, 0.1) is 0 Å². The number of hydrogen-bond acceptors (Lipinski definition) is 0. The van der Waals surface area contributed by atoms with Gasteiger partial charge in [0.2, 0.25) is 0 Å². The molecule has 0 fully saturated rings. The summed E-state index contributed by atoms with van der Waals surface area (Å²) in [5.74, 6) is 33.3. The van der Waals surface area contributed by atoms with Crippen LogP contribution in [0.2, 0.25) is 0 Å². The molecular formula is C16H2. The van der Waals surface area contributed by atoms with E-state index in [1.807, 2.05) is 0 Å². The highest BCUT2D eigenvalue weighted by atomic mass is 13.6. The second-order valence-electron chi connectivity index (χ2n) is 1.79. The summed E-state index contributed by atoms with van der Waals surface area (Å²) in [6.07, 6.45) is 9.74. The molecule has 0 aliphatic carbocycles. The van der Waals surface area contributed by atoms with E-state index < -0.39 is 0 Å². The van der Waals surface area contributed by atoms with E-state index in [1.165, 1.54) is 0 Å². The van der Waals surface area contributed by atoms with Crippen LogP contribution in [0.5, 0.6) is 0 Å². The summed E-state index contributed by atoms with van der Waals surface area (Å²) in [5.41, 5.74) is 0. The summed E-state index contributed by atoms with van der Waals surface area (Å²) >= 11 is 0. The molecule has 0 N–H and O–H groups in total. The number of rotatable bonds is 0. The van der Waals surface area contributed by atoms with E-state index >= 15 is 0 Å². The molecule has 0 saturated carbocycles. The first-order valence-corrected chi connectivity index (χ1v) is 3.83. The SMILES string of the molecule is C#CC#CC#CC#CC#CC#CC#CC#C. The quantitative estimate of drug-likeness (QED) is 0.486. The highest BCUT2D eigenvalue weighted by Gasteiger charge is 1.56. The fourth-order valence-electron chi connectivity index (χ4n) is 0.385. The van der Waals surface area contributed by atoms with Gasteiger partial charge in [0.1, 0.15) is 0 Å². The lowest BCUT2D eigenvalue weighted by atomic mass is 10.5. The third-order valence-corrected chi connectivity index (χ3v) is 0.832. The van der Waals surface area contributed by atoms with Gasteiger partial charge in [-0.1, -0.05) is 0 Å². The third-order valence-electron chi connectivity index (χ3n) is 0.832. The zero-order valence-corrected chi connectivity index (χ0v) is 8.15. The van der Waals surface area contributed by atoms with Gasteiger partial charge in [-0.05, 0) is 82.9 Å². The minimum Gasteiger partial charge on any atom is -0.106 e. The summed E-state index contributed by atoms with van der Waals surface area (Å²) in [4.78, 5) is 0. The molecule has 0 aliphatic heterocycles. The van der Waals surface area contributed by atoms with Crippen LogP contribution in [0.1, 0.15) is 0 Å². The molecular weight excluding hydrogens is 192 g/mol. The van der Waals surface area contributed by atoms with Crippen LogP contribution in [0.15, 0.2) is 0 Å². The molecule has 0 radical (unpaired) electrons. The highest BCUT2D eigenvalue weighted by molar-refractivity contribution is 5.45. The lowest BCUT2D eigenvalue weighted by Gasteiger charge is -1.55. The van der Waals surface area contributed by atoms with E-state index in [9.17, 15) is 0 Å². The molecule has 0 spiro atoms. The summed E-state index contributed by atoms with van der Waals surface area (Å²) in [6.45, 7) is 0. The Kier molecular flexibility index (Phi) is 8.95. The van der Waals surface area contributed by atoms with Crippen LogP contribution in [0.4, 0.5) is 0 Å². The minimum atomic E-state index is 2.12. The molecule has 0 amide bonds. The van der Waals surface area contributed by atoms with E-state index in [0.29, 0.717) is 0 Å². The van der Waals surface area contributed by atoms with Gasteiger partial charge >= 0.3 is 0 Å². The molecule has 0 aromatic carbocycles. The summed E-state index contributed by atoms with van der Waals surface area (Å²) in [7, 11) is 0. The lowest BCUT2D eigenvalue weighted by Crippen LogP contribution is -1.55. The van der Waals surface area contributed by atoms with Crippen LogP contribution >= 0.6 is 0 Å². The monoisotopic (exact) mass is 194 g/mol. The van der Waals surface area contributed by atoms with Gasteiger partial charge in [0.25, 0.3) is 0 Å². The van der Waals surface area contributed by atoms with E-state index in [4.69, 9.17) is 12.8 Å². The number of terminal acetylenes is 2. The Bertz CT molecular complexity index is 627. The fourth-order valence-corrected chi connectivity index (χ4v) is 0.385. The van der Waals surface area contributed by atoms with Gasteiger partial charge in [-0.2, -0.15) is 0 Å². The van der Waals surface area contributed by atoms with E-state index in [1.54, 1.807) is 0 Å². The van der Waals surface area contributed by atoms with Gasteiger partial charge in [-0.15, -0.1) is 12.8 Å². The van der Waals surface area contributed by atoms with Crippen molar-refractivity contribution in [3.63, 3.8) is 0 Å². The van der Waals surface area contributed by atoms with Gasteiger partial charge < -0.3 is 0 Å². The fraction of sp³-hybridized carbons (Fsp3) is 0. The second kappa shape index (κ2) is 11.5. The Hall–Kier alpha value is -3.52. The van der Waals surface area contributed by atoms with Crippen molar-refractivity contribution in [3.05, 3.63) is 0 Å². The Balaban J connectivity index is 4.26. The second-order valence-corrected chi connectivity index (χ2v) is 1.79. The van der Waals surface area contributed by atoms with Gasteiger partial charge in [-0.25, -0.2) is 0 Å². The molecule has 0 aliphatic rings. The molecule has 0 unspecified atom stereocenters. The molecule has 0 aromatic rings. The Labute approximate surface area is 96.2 Å². The van der Waals surface area contributed by atoms with Crippen LogP contribution in [0.25, 0.3) is 0 Å². The average Bonchev–Trinajstić information content (AvgIpc) is 2.31. The molecule has 0 heterocycles. The van der Waals surface area contributed by atoms with Crippen molar-refractivity contribution in [2.45, 2.75) is 0 Å². The van der Waals surface area contributed by atoms with Crippen molar-refractivity contribution in [1.29, 1.82) is 0 Å². The standard InChI is InChI=1S/C16H2/c1-3-5-7-9-11-13-15-16-14-12-10-8-6-4-2/h1-2H.